The molecule has 0 N–H and O–H groups in total. The summed E-state index contributed by atoms with van der Waals surface area (Å²) in [6, 6.07) is 5.54. The lowest BCUT2D eigenvalue weighted by atomic mass is 9.96. The zero-order valence-corrected chi connectivity index (χ0v) is 13.5. The van der Waals surface area contributed by atoms with Crippen LogP contribution in [0.15, 0.2) is 36.7 Å². The summed E-state index contributed by atoms with van der Waals surface area (Å²) in [6.07, 6.45) is 3.63. The van der Waals surface area contributed by atoms with Gasteiger partial charge in [-0.1, -0.05) is 19.1 Å². The minimum Gasteiger partial charge on any atom is -0.341 e. The average molecular weight is 317 g/mol. The van der Waals surface area contributed by atoms with E-state index in [1.165, 1.54) is 18.2 Å². The van der Waals surface area contributed by atoms with Gasteiger partial charge in [0.2, 0.25) is 5.91 Å². The third-order valence-electron chi connectivity index (χ3n) is 3.64. The van der Waals surface area contributed by atoms with Crippen molar-refractivity contribution in [1.82, 2.24) is 14.7 Å². The summed E-state index contributed by atoms with van der Waals surface area (Å²) in [7, 11) is 3.50. The summed E-state index contributed by atoms with van der Waals surface area (Å²) >= 11 is 0. The summed E-state index contributed by atoms with van der Waals surface area (Å²) in [4.78, 5) is 26.1. The molecular formula is C17H20FN3O2. The van der Waals surface area contributed by atoms with E-state index in [1.54, 1.807) is 35.8 Å². The number of carbonyl (C=O) groups is 2. The standard InChI is InChI=1S/C17H20FN3O2/c1-12(17(23)14-5-4-6-15(18)8-14)7-16(22)20(2)10-13-9-19-21(3)11-13/h4-6,8-9,11-12H,7,10H2,1-3H3. The highest BCUT2D eigenvalue weighted by molar-refractivity contribution is 5.99. The number of ketones is 1. The number of halogens is 1. The lowest BCUT2D eigenvalue weighted by Crippen LogP contribution is -2.29. The fourth-order valence-corrected chi connectivity index (χ4v) is 2.35. The zero-order valence-electron chi connectivity index (χ0n) is 13.5. The number of carbonyl (C=O) groups excluding carboxylic acids is 2. The normalized spacial score (nSPS) is 12.0. The molecule has 0 bridgehead atoms. The minimum absolute atomic E-state index is 0.0894. The fourth-order valence-electron chi connectivity index (χ4n) is 2.35. The smallest absolute Gasteiger partial charge is 0.223 e. The Hall–Kier alpha value is -2.50. The van der Waals surface area contributed by atoms with Gasteiger partial charge in [0, 0.05) is 50.3 Å². The van der Waals surface area contributed by atoms with E-state index in [0.717, 1.165) is 5.56 Å². The Morgan fingerprint density at radius 3 is 2.74 bits per heavy atom. The van der Waals surface area contributed by atoms with Crippen LogP contribution in [0.3, 0.4) is 0 Å². The van der Waals surface area contributed by atoms with Crippen LogP contribution < -0.4 is 0 Å². The Morgan fingerprint density at radius 2 is 2.13 bits per heavy atom. The first-order chi connectivity index (χ1) is 10.9. The maximum atomic E-state index is 13.2. The second-order valence-electron chi connectivity index (χ2n) is 5.75. The lowest BCUT2D eigenvalue weighted by Gasteiger charge is -2.18. The van der Waals surface area contributed by atoms with Crippen LogP contribution in [0.2, 0.25) is 0 Å². The van der Waals surface area contributed by atoms with E-state index in [1.807, 2.05) is 13.2 Å². The molecular weight excluding hydrogens is 297 g/mol. The molecule has 23 heavy (non-hydrogen) atoms. The van der Waals surface area contributed by atoms with Gasteiger partial charge in [0.1, 0.15) is 5.82 Å². The van der Waals surface area contributed by atoms with Crippen LogP contribution in [-0.2, 0) is 18.4 Å². The predicted octanol–water partition coefficient (Wildman–Crippen LogP) is 2.43. The predicted molar refractivity (Wildman–Crippen MR) is 84.2 cm³/mol. The first-order valence-corrected chi connectivity index (χ1v) is 7.38. The number of Topliss-reactive ketones (excluding diaryl/α,β-unsaturated/α-hetero) is 1. The topological polar surface area (TPSA) is 55.2 Å². The number of hydrogen-bond donors (Lipinski definition) is 0. The van der Waals surface area contributed by atoms with Crippen LogP contribution >= 0.6 is 0 Å². The van der Waals surface area contributed by atoms with Crippen molar-refractivity contribution in [3.8, 4) is 0 Å². The molecule has 0 radical (unpaired) electrons. The van der Waals surface area contributed by atoms with Crippen LogP contribution in [0, 0.1) is 11.7 Å². The number of rotatable bonds is 6. The third-order valence-corrected chi connectivity index (χ3v) is 3.64. The molecule has 0 spiro atoms. The molecule has 6 heteroatoms. The summed E-state index contributed by atoms with van der Waals surface area (Å²) < 4.78 is 14.9. The van der Waals surface area contributed by atoms with E-state index in [9.17, 15) is 14.0 Å². The van der Waals surface area contributed by atoms with Crippen LogP contribution in [0.5, 0.6) is 0 Å². The first-order valence-electron chi connectivity index (χ1n) is 7.38. The monoisotopic (exact) mass is 317 g/mol. The molecule has 1 amide bonds. The van der Waals surface area contributed by atoms with Crippen molar-refractivity contribution in [3.63, 3.8) is 0 Å². The van der Waals surface area contributed by atoms with Crippen LogP contribution in [0.1, 0.15) is 29.3 Å². The van der Waals surface area contributed by atoms with Gasteiger partial charge in [0.05, 0.1) is 6.20 Å². The molecule has 1 heterocycles. The molecule has 1 aromatic carbocycles. The fraction of sp³-hybridized carbons (Fsp3) is 0.353. The quantitative estimate of drug-likeness (QED) is 0.769. The number of benzene rings is 1. The van der Waals surface area contributed by atoms with Gasteiger partial charge >= 0.3 is 0 Å². The zero-order chi connectivity index (χ0) is 17.0. The van der Waals surface area contributed by atoms with Gasteiger partial charge in [-0.15, -0.1) is 0 Å². The van der Waals surface area contributed by atoms with Crippen molar-refractivity contribution in [1.29, 1.82) is 0 Å². The number of hydrogen-bond acceptors (Lipinski definition) is 3. The highest BCUT2D eigenvalue weighted by Crippen LogP contribution is 2.15. The van der Waals surface area contributed by atoms with E-state index >= 15 is 0 Å². The van der Waals surface area contributed by atoms with Gasteiger partial charge in [0.15, 0.2) is 5.78 Å². The molecule has 2 aromatic rings. The number of amides is 1. The molecule has 0 aliphatic heterocycles. The molecule has 1 aromatic heterocycles. The molecule has 0 fully saturated rings. The van der Waals surface area contributed by atoms with Crippen molar-refractivity contribution >= 4 is 11.7 Å². The maximum Gasteiger partial charge on any atom is 0.223 e. The molecule has 1 unspecified atom stereocenters. The maximum absolute atomic E-state index is 13.2. The number of aromatic nitrogens is 2. The van der Waals surface area contributed by atoms with Crippen molar-refractivity contribution < 1.29 is 14.0 Å². The Labute approximate surface area is 134 Å². The van der Waals surface area contributed by atoms with Crippen molar-refractivity contribution in [3.05, 3.63) is 53.6 Å². The highest BCUT2D eigenvalue weighted by Gasteiger charge is 2.21. The molecule has 0 saturated heterocycles. The van der Waals surface area contributed by atoms with E-state index in [2.05, 4.69) is 5.10 Å². The second-order valence-corrected chi connectivity index (χ2v) is 5.75. The molecule has 1 atom stereocenters. The largest absolute Gasteiger partial charge is 0.341 e. The van der Waals surface area contributed by atoms with Crippen molar-refractivity contribution in [2.75, 3.05) is 7.05 Å². The molecule has 0 aliphatic carbocycles. The van der Waals surface area contributed by atoms with Gasteiger partial charge in [-0.05, 0) is 12.1 Å². The van der Waals surface area contributed by atoms with Gasteiger partial charge in [-0.3, -0.25) is 14.3 Å². The summed E-state index contributed by atoms with van der Waals surface area (Å²) in [5.74, 6) is -1.32. The SMILES string of the molecule is CC(CC(=O)N(C)Cc1cnn(C)c1)C(=O)c1cccc(F)c1. The van der Waals surface area contributed by atoms with E-state index < -0.39 is 11.7 Å². The van der Waals surface area contributed by atoms with Gasteiger partial charge in [-0.25, -0.2) is 4.39 Å². The third kappa shape index (κ3) is 4.48. The van der Waals surface area contributed by atoms with Crippen molar-refractivity contribution in [2.45, 2.75) is 19.9 Å². The Kier molecular flexibility index (Phi) is 5.26. The lowest BCUT2D eigenvalue weighted by molar-refractivity contribution is -0.131. The average Bonchev–Trinajstić information content (AvgIpc) is 2.91. The Bertz CT molecular complexity index is 711. The summed E-state index contributed by atoms with van der Waals surface area (Å²) in [5.41, 5.74) is 1.22. The van der Waals surface area contributed by atoms with Gasteiger partial charge < -0.3 is 4.90 Å². The van der Waals surface area contributed by atoms with Crippen LogP contribution in [-0.4, -0.2) is 33.4 Å². The van der Waals surface area contributed by atoms with Gasteiger partial charge in [0.25, 0.3) is 0 Å². The summed E-state index contributed by atoms with van der Waals surface area (Å²) in [5, 5.41) is 4.06. The minimum atomic E-state index is -0.499. The highest BCUT2D eigenvalue weighted by atomic mass is 19.1. The molecule has 2 rings (SSSR count). The Morgan fingerprint density at radius 1 is 1.39 bits per heavy atom. The van der Waals surface area contributed by atoms with Crippen LogP contribution in [0.4, 0.5) is 4.39 Å². The first kappa shape index (κ1) is 16.9. The van der Waals surface area contributed by atoms with E-state index in [0.29, 0.717) is 12.1 Å². The van der Waals surface area contributed by atoms with Crippen molar-refractivity contribution in [2.24, 2.45) is 13.0 Å². The Balaban J connectivity index is 1.94. The van der Waals surface area contributed by atoms with Crippen LogP contribution in [0.25, 0.3) is 0 Å². The molecule has 0 aliphatic rings. The number of aryl methyl sites for hydroxylation is 1. The van der Waals surface area contributed by atoms with Gasteiger partial charge in [-0.2, -0.15) is 5.10 Å². The molecule has 5 nitrogen and oxygen atoms in total. The van der Waals surface area contributed by atoms with E-state index in [-0.39, 0.29) is 18.1 Å². The summed E-state index contributed by atoms with van der Waals surface area (Å²) in [6.45, 7) is 2.12. The number of nitrogens with zero attached hydrogens (tertiary/aromatic N) is 3. The van der Waals surface area contributed by atoms with E-state index in [4.69, 9.17) is 0 Å². The second kappa shape index (κ2) is 7.17. The molecule has 0 saturated carbocycles. The molecule has 122 valence electrons.